The quantitative estimate of drug-likeness (QED) is 0.830. The normalized spacial score (nSPS) is 25.9. The fourth-order valence-electron chi connectivity index (χ4n) is 3.22. The summed E-state index contributed by atoms with van der Waals surface area (Å²) < 4.78 is 1.12. The molecule has 1 N–H and O–H groups in total. The minimum Gasteiger partial charge on any atom is -0.303 e. The fraction of sp³-hybridized carbons (Fsp3) is 0.500. The molecule has 1 aliphatic carbocycles. The SMILES string of the molecule is CN1C(=O)CCC(NC2CCc3cc(Br)ccc3C2)C1=O. The number of amides is 2. The Hall–Kier alpha value is -1.20. The van der Waals surface area contributed by atoms with E-state index in [4.69, 9.17) is 0 Å². The van der Waals surface area contributed by atoms with Gasteiger partial charge in [-0.1, -0.05) is 22.0 Å². The molecule has 2 unspecified atom stereocenters. The van der Waals surface area contributed by atoms with Crippen molar-refractivity contribution in [1.82, 2.24) is 10.2 Å². The summed E-state index contributed by atoms with van der Waals surface area (Å²) in [5.74, 6) is -0.162. The predicted octanol–water partition coefficient (Wildman–Crippen LogP) is 2.04. The highest BCUT2D eigenvalue weighted by Crippen LogP contribution is 2.25. The molecule has 1 saturated heterocycles. The van der Waals surface area contributed by atoms with Crippen molar-refractivity contribution in [3.8, 4) is 0 Å². The molecule has 2 amide bonds. The highest BCUT2D eigenvalue weighted by molar-refractivity contribution is 9.10. The van der Waals surface area contributed by atoms with E-state index in [1.54, 1.807) is 7.05 Å². The summed E-state index contributed by atoms with van der Waals surface area (Å²) in [5.41, 5.74) is 2.75. The van der Waals surface area contributed by atoms with Crippen LogP contribution in [0.25, 0.3) is 0 Å². The van der Waals surface area contributed by atoms with Crippen LogP contribution in [0.15, 0.2) is 22.7 Å². The number of rotatable bonds is 2. The molecule has 1 aromatic carbocycles. The first-order valence-electron chi connectivity index (χ1n) is 7.38. The van der Waals surface area contributed by atoms with Crippen LogP contribution in [0.4, 0.5) is 0 Å². The molecule has 112 valence electrons. The maximum absolute atomic E-state index is 12.1. The van der Waals surface area contributed by atoms with Gasteiger partial charge in [0.2, 0.25) is 11.8 Å². The highest BCUT2D eigenvalue weighted by Gasteiger charge is 2.33. The van der Waals surface area contributed by atoms with E-state index in [9.17, 15) is 9.59 Å². The second-order valence-electron chi connectivity index (χ2n) is 5.90. The number of nitrogens with zero attached hydrogens (tertiary/aromatic N) is 1. The van der Waals surface area contributed by atoms with Crippen LogP contribution in [0, 0.1) is 0 Å². The summed E-state index contributed by atoms with van der Waals surface area (Å²) in [6.07, 6.45) is 4.08. The van der Waals surface area contributed by atoms with Crippen molar-refractivity contribution < 1.29 is 9.59 Å². The molecule has 1 aromatic rings. The van der Waals surface area contributed by atoms with Gasteiger partial charge in [0, 0.05) is 24.0 Å². The molecule has 0 bridgehead atoms. The van der Waals surface area contributed by atoms with Gasteiger partial charge in [-0.15, -0.1) is 0 Å². The lowest BCUT2D eigenvalue weighted by Gasteiger charge is -2.33. The van der Waals surface area contributed by atoms with Crippen LogP contribution in [0.1, 0.15) is 30.4 Å². The van der Waals surface area contributed by atoms with E-state index in [2.05, 4.69) is 39.4 Å². The molecule has 1 aliphatic heterocycles. The van der Waals surface area contributed by atoms with Gasteiger partial charge < -0.3 is 5.32 Å². The number of piperidine rings is 1. The van der Waals surface area contributed by atoms with Gasteiger partial charge in [0.05, 0.1) is 6.04 Å². The molecule has 1 fully saturated rings. The number of hydrogen-bond donors (Lipinski definition) is 1. The van der Waals surface area contributed by atoms with Crippen LogP contribution in [-0.2, 0) is 22.4 Å². The molecule has 2 atom stereocenters. The molecule has 0 radical (unpaired) electrons. The Morgan fingerprint density at radius 3 is 2.81 bits per heavy atom. The first-order valence-corrected chi connectivity index (χ1v) is 8.17. The van der Waals surface area contributed by atoms with Crippen molar-refractivity contribution in [3.63, 3.8) is 0 Å². The van der Waals surface area contributed by atoms with Gasteiger partial charge in [0.1, 0.15) is 0 Å². The van der Waals surface area contributed by atoms with Gasteiger partial charge in [-0.05, 0) is 48.9 Å². The van der Waals surface area contributed by atoms with E-state index in [1.165, 1.54) is 16.0 Å². The number of carbonyl (C=O) groups is 2. The van der Waals surface area contributed by atoms with E-state index >= 15 is 0 Å². The van der Waals surface area contributed by atoms with Crippen molar-refractivity contribution in [1.29, 1.82) is 0 Å². The first kappa shape index (κ1) is 14.7. The van der Waals surface area contributed by atoms with Gasteiger partial charge in [-0.25, -0.2) is 0 Å². The molecule has 21 heavy (non-hydrogen) atoms. The number of hydrogen-bond acceptors (Lipinski definition) is 3. The number of imide groups is 1. The van der Waals surface area contributed by atoms with E-state index in [-0.39, 0.29) is 17.9 Å². The molecule has 5 heteroatoms. The van der Waals surface area contributed by atoms with Crippen LogP contribution in [0.5, 0.6) is 0 Å². The standard InChI is InChI=1S/C16H19BrN2O2/c1-19-15(20)7-6-14(16(19)21)18-13-5-3-10-8-12(17)4-2-11(10)9-13/h2,4,8,13-14,18H,3,5-7,9H2,1H3. The monoisotopic (exact) mass is 350 g/mol. The number of benzene rings is 1. The lowest BCUT2D eigenvalue weighted by atomic mass is 9.87. The average molecular weight is 351 g/mol. The predicted molar refractivity (Wildman–Crippen MR) is 83.9 cm³/mol. The fourth-order valence-corrected chi connectivity index (χ4v) is 3.63. The lowest BCUT2D eigenvalue weighted by molar-refractivity contribution is -0.148. The Morgan fingerprint density at radius 2 is 2.00 bits per heavy atom. The van der Waals surface area contributed by atoms with Crippen LogP contribution in [-0.4, -0.2) is 35.8 Å². The Labute approximate surface area is 133 Å². The maximum Gasteiger partial charge on any atom is 0.246 e. The largest absolute Gasteiger partial charge is 0.303 e. The van der Waals surface area contributed by atoms with Crippen molar-refractivity contribution in [2.45, 2.75) is 44.2 Å². The minimum atomic E-state index is -0.213. The van der Waals surface area contributed by atoms with Crippen molar-refractivity contribution in [3.05, 3.63) is 33.8 Å². The number of nitrogens with one attached hydrogen (secondary N) is 1. The second kappa shape index (κ2) is 5.89. The highest BCUT2D eigenvalue weighted by atomic mass is 79.9. The number of likely N-dealkylation sites (N-methyl/N-ethyl adjacent to an activating group) is 1. The van der Waals surface area contributed by atoms with E-state index in [1.807, 2.05) is 0 Å². The van der Waals surface area contributed by atoms with Crippen LogP contribution in [0.2, 0.25) is 0 Å². The van der Waals surface area contributed by atoms with Gasteiger partial charge in [-0.2, -0.15) is 0 Å². The summed E-state index contributed by atoms with van der Waals surface area (Å²) >= 11 is 3.51. The van der Waals surface area contributed by atoms with Crippen molar-refractivity contribution in [2.75, 3.05) is 7.05 Å². The Kier molecular flexibility index (Phi) is 4.13. The van der Waals surface area contributed by atoms with Gasteiger partial charge >= 0.3 is 0 Å². The lowest BCUT2D eigenvalue weighted by Crippen LogP contribution is -2.54. The zero-order valence-electron chi connectivity index (χ0n) is 12.1. The second-order valence-corrected chi connectivity index (χ2v) is 6.82. The van der Waals surface area contributed by atoms with Crippen LogP contribution >= 0.6 is 15.9 Å². The third kappa shape index (κ3) is 3.04. The molecule has 2 aliphatic rings. The maximum atomic E-state index is 12.1. The average Bonchev–Trinajstić information content (AvgIpc) is 2.48. The van der Waals surface area contributed by atoms with E-state index in [0.29, 0.717) is 18.9 Å². The molecule has 0 spiro atoms. The summed E-state index contributed by atoms with van der Waals surface area (Å²) in [6, 6.07) is 6.51. The Morgan fingerprint density at radius 1 is 1.19 bits per heavy atom. The number of halogens is 1. The van der Waals surface area contributed by atoms with Crippen LogP contribution < -0.4 is 5.32 Å². The number of fused-ring (bicyclic) bond motifs is 1. The topological polar surface area (TPSA) is 49.4 Å². The van der Waals surface area contributed by atoms with Crippen molar-refractivity contribution >= 4 is 27.7 Å². The first-order chi connectivity index (χ1) is 10.0. The molecule has 0 aromatic heterocycles. The third-order valence-corrected chi connectivity index (χ3v) is 4.98. The van der Waals surface area contributed by atoms with Gasteiger partial charge in [0.15, 0.2) is 0 Å². The van der Waals surface area contributed by atoms with Gasteiger partial charge in [-0.3, -0.25) is 14.5 Å². The molecule has 3 rings (SSSR count). The Bertz CT molecular complexity index is 588. The van der Waals surface area contributed by atoms with E-state index in [0.717, 1.165) is 23.7 Å². The zero-order chi connectivity index (χ0) is 15.0. The molecule has 4 nitrogen and oxygen atoms in total. The Balaban J connectivity index is 1.66. The number of carbonyl (C=O) groups excluding carboxylic acids is 2. The number of aryl methyl sites for hydroxylation is 1. The molecule has 1 heterocycles. The molecule has 0 saturated carbocycles. The third-order valence-electron chi connectivity index (χ3n) is 4.48. The summed E-state index contributed by atoms with van der Waals surface area (Å²) in [7, 11) is 1.58. The summed E-state index contributed by atoms with van der Waals surface area (Å²) in [5, 5.41) is 3.46. The van der Waals surface area contributed by atoms with Crippen molar-refractivity contribution in [2.24, 2.45) is 0 Å². The zero-order valence-corrected chi connectivity index (χ0v) is 13.6. The van der Waals surface area contributed by atoms with E-state index < -0.39 is 0 Å². The van der Waals surface area contributed by atoms with Gasteiger partial charge in [0.25, 0.3) is 0 Å². The summed E-state index contributed by atoms with van der Waals surface area (Å²) in [4.78, 5) is 24.9. The van der Waals surface area contributed by atoms with Crippen LogP contribution in [0.3, 0.4) is 0 Å². The molecular weight excluding hydrogens is 332 g/mol. The molecular formula is C16H19BrN2O2. The summed E-state index contributed by atoms with van der Waals surface area (Å²) in [6.45, 7) is 0. The number of likely N-dealkylation sites (tertiary alicyclic amines) is 1. The smallest absolute Gasteiger partial charge is 0.246 e. The minimum absolute atomic E-state index is 0.0723.